The first-order chi connectivity index (χ1) is 13.4. The van der Waals surface area contributed by atoms with Gasteiger partial charge in [-0.3, -0.25) is 4.99 Å². The number of methoxy groups -OCH3 is 2. The summed E-state index contributed by atoms with van der Waals surface area (Å²) < 4.78 is 37.8. The maximum absolute atomic E-state index is 12.6. The Morgan fingerprint density at radius 1 is 1.18 bits per heavy atom. The molecule has 0 aliphatic carbocycles. The number of ether oxygens (including phenoxy) is 2. The standard InChI is InChI=1S/C19H22N4O4S/c1-26-14-7-8-17(27-2)18(11-14)28(24,25)23-19(20)21-10-9-13-12-22-16-6-4-3-5-15(13)16/h3-8,11-12,22H,9-10H2,1-2H3,(H3,20,21,23). The van der Waals surface area contributed by atoms with Crippen LogP contribution in [-0.4, -0.2) is 40.1 Å². The Morgan fingerprint density at radius 2 is 1.96 bits per heavy atom. The van der Waals surface area contributed by atoms with Crippen LogP contribution in [0.4, 0.5) is 0 Å². The predicted molar refractivity (Wildman–Crippen MR) is 108 cm³/mol. The van der Waals surface area contributed by atoms with Gasteiger partial charge in [-0.1, -0.05) is 18.2 Å². The highest BCUT2D eigenvalue weighted by Crippen LogP contribution is 2.27. The molecular weight excluding hydrogens is 380 g/mol. The molecule has 4 N–H and O–H groups in total. The normalized spacial score (nSPS) is 12.1. The van der Waals surface area contributed by atoms with Crippen molar-refractivity contribution in [2.75, 3.05) is 20.8 Å². The van der Waals surface area contributed by atoms with Gasteiger partial charge in [0.1, 0.15) is 16.4 Å². The van der Waals surface area contributed by atoms with Gasteiger partial charge in [-0.05, 0) is 30.2 Å². The van der Waals surface area contributed by atoms with E-state index in [0.717, 1.165) is 16.5 Å². The minimum atomic E-state index is -3.97. The van der Waals surface area contributed by atoms with Gasteiger partial charge in [0.15, 0.2) is 0 Å². The molecule has 0 bridgehead atoms. The lowest BCUT2D eigenvalue weighted by molar-refractivity contribution is 0.392. The number of benzene rings is 2. The molecule has 28 heavy (non-hydrogen) atoms. The van der Waals surface area contributed by atoms with Crippen molar-refractivity contribution in [3.05, 3.63) is 54.2 Å². The molecule has 3 rings (SSSR count). The van der Waals surface area contributed by atoms with Crippen LogP contribution in [0.3, 0.4) is 0 Å². The van der Waals surface area contributed by atoms with Crippen LogP contribution in [0, 0.1) is 0 Å². The second kappa shape index (κ2) is 8.22. The summed E-state index contributed by atoms with van der Waals surface area (Å²) in [6.45, 7) is 0.339. The van der Waals surface area contributed by atoms with E-state index in [1.54, 1.807) is 6.07 Å². The first kappa shape index (κ1) is 19.6. The zero-order chi connectivity index (χ0) is 20.1. The zero-order valence-corrected chi connectivity index (χ0v) is 16.4. The second-order valence-corrected chi connectivity index (χ2v) is 7.65. The van der Waals surface area contributed by atoms with Crippen LogP contribution in [-0.2, 0) is 16.4 Å². The van der Waals surface area contributed by atoms with Crippen molar-refractivity contribution in [1.29, 1.82) is 0 Å². The fourth-order valence-electron chi connectivity index (χ4n) is 2.85. The summed E-state index contributed by atoms with van der Waals surface area (Å²) in [7, 11) is -1.13. The number of guanidine groups is 1. The number of hydrogen-bond acceptors (Lipinski definition) is 5. The van der Waals surface area contributed by atoms with Gasteiger partial charge in [0.05, 0.1) is 14.2 Å². The van der Waals surface area contributed by atoms with E-state index in [0.29, 0.717) is 18.7 Å². The third kappa shape index (κ3) is 4.20. The largest absolute Gasteiger partial charge is 0.497 e. The summed E-state index contributed by atoms with van der Waals surface area (Å²) in [5.74, 6) is 0.376. The van der Waals surface area contributed by atoms with Gasteiger partial charge in [0, 0.05) is 29.7 Å². The molecule has 9 heteroatoms. The van der Waals surface area contributed by atoms with Crippen molar-refractivity contribution in [2.24, 2.45) is 10.7 Å². The SMILES string of the molecule is COc1ccc(OC)c(S(=O)(=O)NC(N)=NCCc2c[nH]c3ccccc23)c1. The highest BCUT2D eigenvalue weighted by atomic mass is 32.2. The van der Waals surface area contributed by atoms with E-state index in [-0.39, 0.29) is 16.6 Å². The maximum atomic E-state index is 12.6. The van der Waals surface area contributed by atoms with Gasteiger partial charge in [0.2, 0.25) is 5.96 Å². The van der Waals surface area contributed by atoms with Gasteiger partial charge in [-0.25, -0.2) is 13.1 Å². The minimum absolute atomic E-state index is 0.0795. The van der Waals surface area contributed by atoms with E-state index in [2.05, 4.69) is 14.7 Å². The van der Waals surface area contributed by atoms with E-state index < -0.39 is 10.0 Å². The van der Waals surface area contributed by atoms with Crippen molar-refractivity contribution < 1.29 is 17.9 Å². The number of aromatic amines is 1. The second-order valence-electron chi connectivity index (χ2n) is 6.00. The Labute approximate surface area is 163 Å². The Bertz CT molecular complexity index is 1110. The number of nitrogens with one attached hydrogen (secondary N) is 2. The van der Waals surface area contributed by atoms with Crippen molar-refractivity contribution in [3.63, 3.8) is 0 Å². The number of H-pyrrole nitrogens is 1. The van der Waals surface area contributed by atoms with Crippen molar-refractivity contribution in [2.45, 2.75) is 11.3 Å². The number of hydrogen-bond donors (Lipinski definition) is 3. The van der Waals surface area contributed by atoms with Crippen LogP contribution in [0.25, 0.3) is 10.9 Å². The molecule has 148 valence electrons. The summed E-state index contributed by atoms with van der Waals surface area (Å²) in [5, 5.41) is 1.11. The molecule has 1 heterocycles. The molecule has 0 radical (unpaired) electrons. The quantitative estimate of drug-likeness (QED) is 0.413. The summed E-state index contributed by atoms with van der Waals surface area (Å²) >= 11 is 0. The van der Waals surface area contributed by atoms with E-state index in [4.69, 9.17) is 15.2 Å². The molecule has 0 aliphatic rings. The van der Waals surface area contributed by atoms with Gasteiger partial charge < -0.3 is 20.2 Å². The number of para-hydroxylation sites is 1. The zero-order valence-electron chi connectivity index (χ0n) is 15.6. The molecule has 0 spiro atoms. The summed E-state index contributed by atoms with van der Waals surface area (Å²) in [4.78, 5) is 7.25. The number of rotatable bonds is 7. The topological polar surface area (TPSA) is 119 Å². The number of nitrogens with zero attached hydrogens (tertiary/aromatic N) is 1. The lowest BCUT2D eigenvalue weighted by atomic mass is 10.1. The molecule has 3 aromatic rings. The molecule has 0 amide bonds. The Morgan fingerprint density at radius 3 is 2.71 bits per heavy atom. The Kier molecular flexibility index (Phi) is 5.74. The average Bonchev–Trinajstić information content (AvgIpc) is 3.10. The van der Waals surface area contributed by atoms with Crippen LogP contribution in [0.1, 0.15) is 5.56 Å². The fourth-order valence-corrected chi connectivity index (χ4v) is 3.99. The van der Waals surface area contributed by atoms with Crippen molar-refractivity contribution in [1.82, 2.24) is 9.71 Å². The molecule has 2 aromatic carbocycles. The molecule has 0 saturated carbocycles. The van der Waals surface area contributed by atoms with Crippen LogP contribution in [0.15, 0.2) is 58.5 Å². The number of aromatic nitrogens is 1. The van der Waals surface area contributed by atoms with E-state index in [1.807, 2.05) is 30.5 Å². The van der Waals surface area contributed by atoms with Crippen molar-refractivity contribution >= 4 is 26.9 Å². The summed E-state index contributed by atoms with van der Waals surface area (Å²) in [6.07, 6.45) is 2.54. The molecular formula is C19H22N4O4S. The van der Waals surface area contributed by atoms with Gasteiger partial charge in [0.25, 0.3) is 10.0 Å². The minimum Gasteiger partial charge on any atom is -0.497 e. The third-order valence-electron chi connectivity index (χ3n) is 4.24. The predicted octanol–water partition coefficient (Wildman–Crippen LogP) is 2.02. The summed E-state index contributed by atoms with van der Waals surface area (Å²) in [6, 6.07) is 12.4. The van der Waals surface area contributed by atoms with Gasteiger partial charge in [-0.2, -0.15) is 0 Å². The van der Waals surface area contributed by atoms with E-state index >= 15 is 0 Å². The fraction of sp³-hybridized carbons (Fsp3) is 0.211. The first-order valence-corrected chi connectivity index (χ1v) is 10.0. The molecule has 0 saturated heterocycles. The number of aliphatic imine (C=N–C) groups is 1. The molecule has 0 unspecified atom stereocenters. The molecule has 0 fully saturated rings. The maximum Gasteiger partial charge on any atom is 0.267 e. The lowest BCUT2D eigenvalue weighted by Gasteiger charge is -2.12. The average molecular weight is 402 g/mol. The van der Waals surface area contributed by atoms with Gasteiger partial charge >= 0.3 is 0 Å². The Hall–Kier alpha value is -3.20. The van der Waals surface area contributed by atoms with Gasteiger partial charge in [-0.15, -0.1) is 0 Å². The van der Waals surface area contributed by atoms with Crippen LogP contribution < -0.4 is 19.9 Å². The van der Waals surface area contributed by atoms with E-state index in [9.17, 15) is 8.42 Å². The highest BCUT2D eigenvalue weighted by Gasteiger charge is 2.21. The first-order valence-electron chi connectivity index (χ1n) is 8.54. The van der Waals surface area contributed by atoms with Crippen molar-refractivity contribution in [3.8, 4) is 11.5 Å². The van der Waals surface area contributed by atoms with Crippen LogP contribution in [0.2, 0.25) is 0 Å². The molecule has 1 aromatic heterocycles. The Balaban J connectivity index is 1.72. The smallest absolute Gasteiger partial charge is 0.267 e. The lowest BCUT2D eigenvalue weighted by Crippen LogP contribution is -2.37. The molecule has 0 aliphatic heterocycles. The highest BCUT2D eigenvalue weighted by molar-refractivity contribution is 7.90. The van der Waals surface area contributed by atoms with E-state index in [1.165, 1.54) is 26.4 Å². The number of sulfonamides is 1. The molecule has 0 atom stereocenters. The summed E-state index contributed by atoms with van der Waals surface area (Å²) in [5.41, 5.74) is 7.92. The van der Waals surface area contributed by atoms with Crippen LogP contribution in [0.5, 0.6) is 11.5 Å². The molecule has 8 nitrogen and oxygen atoms in total. The monoisotopic (exact) mass is 402 g/mol. The third-order valence-corrected chi connectivity index (χ3v) is 5.61. The van der Waals surface area contributed by atoms with Crippen LogP contribution >= 0.6 is 0 Å². The number of nitrogens with two attached hydrogens (primary N) is 1. The number of fused-ring (bicyclic) bond motifs is 1.